The van der Waals surface area contributed by atoms with Crippen LogP contribution in [0.3, 0.4) is 0 Å². The largest absolute Gasteiger partial charge is 0.462 e. The minimum atomic E-state index is -4.61. The zero-order chi connectivity index (χ0) is 44.1. The third-order valence-electron chi connectivity index (χ3n) is 10.1. The highest BCUT2D eigenvalue weighted by Gasteiger charge is 2.46. The second-order valence-corrected chi connectivity index (χ2v) is 17.2. The predicted molar refractivity (Wildman–Crippen MR) is 238 cm³/mol. The maximum absolute atomic E-state index is 12.8. The van der Waals surface area contributed by atoms with Crippen LogP contribution in [0.4, 0.5) is 0 Å². The molecule has 12 nitrogen and oxygen atoms in total. The first-order valence-corrected chi connectivity index (χ1v) is 24.5. The van der Waals surface area contributed by atoms with Crippen LogP contribution in [-0.2, 0) is 38.7 Å². The number of carbonyl (C=O) groups is 2. The van der Waals surface area contributed by atoms with E-state index in [2.05, 4.69) is 74.6 Å². The topological polar surface area (TPSA) is 186 Å². The molecule has 60 heavy (non-hydrogen) atoms. The molecule has 13 heteroatoms. The van der Waals surface area contributed by atoms with Gasteiger partial charge in [-0.2, -0.15) is 8.42 Å². The fourth-order valence-electron chi connectivity index (χ4n) is 6.48. The van der Waals surface area contributed by atoms with Gasteiger partial charge in [0.25, 0.3) is 10.1 Å². The highest BCUT2D eigenvalue weighted by Crippen LogP contribution is 2.24. The molecule has 6 atom stereocenters. The summed E-state index contributed by atoms with van der Waals surface area (Å²) in [4.78, 5) is 25.4. The summed E-state index contributed by atoms with van der Waals surface area (Å²) in [5, 5.41) is 30.9. The number of hydrogen-bond acceptors (Lipinski definition) is 11. The number of rotatable bonds is 37. The van der Waals surface area contributed by atoms with Crippen LogP contribution in [0.1, 0.15) is 168 Å². The van der Waals surface area contributed by atoms with Crippen molar-refractivity contribution < 1.29 is 56.8 Å². The lowest BCUT2D eigenvalue weighted by Crippen LogP contribution is -2.60. The van der Waals surface area contributed by atoms with Crippen LogP contribution in [-0.4, -0.2) is 96.0 Å². The van der Waals surface area contributed by atoms with Crippen LogP contribution in [0.2, 0.25) is 0 Å². The summed E-state index contributed by atoms with van der Waals surface area (Å²) in [5.74, 6) is -2.04. The molecule has 0 aromatic heterocycles. The first-order chi connectivity index (χ1) is 29.0. The molecule has 4 N–H and O–H groups in total. The van der Waals surface area contributed by atoms with E-state index in [1.165, 1.54) is 44.9 Å². The van der Waals surface area contributed by atoms with Gasteiger partial charge in [0.1, 0.15) is 36.8 Å². The van der Waals surface area contributed by atoms with Crippen molar-refractivity contribution in [1.82, 2.24) is 0 Å². The lowest BCUT2D eigenvalue weighted by molar-refractivity contribution is -0.297. The zero-order valence-corrected chi connectivity index (χ0v) is 37.6. The van der Waals surface area contributed by atoms with Crippen molar-refractivity contribution in [3.8, 4) is 0 Å². The Morgan fingerprint density at radius 2 is 1.00 bits per heavy atom. The molecule has 1 saturated heterocycles. The Morgan fingerprint density at radius 3 is 1.55 bits per heavy atom. The van der Waals surface area contributed by atoms with Gasteiger partial charge in [-0.05, 0) is 83.5 Å². The standard InChI is InChI=1S/C47H80O12S/c1-3-5-7-9-11-13-15-17-18-19-20-21-22-24-26-28-30-32-34-36-43(49)58-40(38-57-47-46(52)45(51)44(50)41(59-47)39-60(53,54)55)37-56-42(48)35-33-31-29-27-25-23-16-14-12-10-8-6-4-2/h11,13-14,16-18,20-21,24,26,40-41,44-47,50-52H,3-10,12,15,19,22-23,25,27-39H2,1-2H3,(H,53,54,55)/b13-11+,16-14+,18-17+,21-20+,26-24+/t40-,41-,44-,45?,46?,47+/m1/s1. The van der Waals surface area contributed by atoms with Gasteiger partial charge in [-0.1, -0.05) is 132 Å². The quantitative estimate of drug-likeness (QED) is 0.0201. The smallest absolute Gasteiger partial charge is 0.306 e. The van der Waals surface area contributed by atoms with Crippen LogP contribution in [0, 0.1) is 0 Å². The van der Waals surface area contributed by atoms with E-state index < -0.39 is 71.2 Å². The normalized spacial score (nSPS) is 20.7. The Balaban J connectivity index is 2.48. The number of ether oxygens (including phenoxy) is 4. The summed E-state index contributed by atoms with van der Waals surface area (Å²) in [6.45, 7) is 3.67. The van der Waals surface area contributed by atoms with Crippen LogP contribution >= 0.6 is 0 Å². The fourth-order valence-corrected chi connectivity index (χ4v) is 7.17. The third-order valence-corrected chi connectivity index (χ3v) is 10.8. The fraction of sp³-hybridized carbons (Fsp3) is 0.745. The van der Waals surface area contributed by atoms with Gasteiger partial charge in [0.15, 0.2) is 12.4 Å². The molecule has 0 saturated carbocycles. The van der Waals surface area contributed by atoms with Gasteiger partial charge in [-0.15, -0.1) is 0 Å². The third kappa shape index (κ3) is 31.2. The average Bonchev–Trinajstić information content (AvgIpc) is 3.21. The highest BCUT2D eigenvalue weighted by molar-refractivity contribution is 7.85. The molecule has 0 amide bonds. The highest BCUT2D eigenvalue weighted by atomic mass is 32.2. The number of allylic oxidation sites excluding steroid dienone is 10. The lowest BCUT2D eigenvalue weighted by atomic mass is 10.00. The summed E-state index contributed by atoms with van der Waals surface area (Å²) in [6.07, 6.45) is 35.5. The van der Waals surface area contributed by atoms with Crippen molar-refractivity contribution in [1.29, 1.82) is 0 Å². The van der Waals surface area contributed by atoms with Crippen LogP contribution < -0.4 is 0 Å². The van der Waals surface area contributed by atoms with Gasteiger partial charge in [0.05, 0.1) is 6.61 Å². The molecule has 1 heterocycles. The second-order valence-electron chi connectivity index (χ2n) is 15.7. The number of esters is 2. The van der Waals surface area contributed by atoms with E-state index >= 15 is 0 Å². The van der Waals surface area contributed by atoms with Crippen molar-refractivity contribution in [3.05, 3.63) is 60.8 Å². The van der Waals surface area contributed by atoms with Gasteiger partial charge in [-0.25, -0.2) is 0 Å². The molecule has 2 unspecified atom stereocenters. The second kappa shape index (κ2) is 37.0. The first kappa shape index (κ1) is 55.4. The van der Waals surface area contributed by atoms with E-state index in [4.69, 9.17) is 18.9 Å². The Labute approximate surface area is 362 Å². The summed E-state index contributed by atoms with van der Waals surface area (Å²) >= 11 is 0. The number of aliphatic hydroxyl groups excluding tert-OH is 3. The molecule has 1 fully saturated rings. The van der Waals surface area contributed by atoms with Crippen molar-refractivity contribution in [2.75, 3.05) is 19.0 Å². The maximum atomic E-state index is 12.8. The van der Waals surface area contributed by atoms with Gasteiger partial charge >= 0.3 is 11.9 Å². The molecule has 0 bridgehead atoms. The Morgan fingerprint density at radius 1 is 0.567 bits per heavy atom. The van der Waals surface area contributed by atoms with Gasteiger partial charge < -0.3 is 34.3 Å². The van der Waals surface area contributed by atoms with Crippen LogP contribution in [0.5, 0.6) is 0 Å². The predicted octanol–water partition coefficient (Wildman–Crippen LogP) is 9.34. The number of aliphatic hydroxyl groups is 3. The van der Waals surface area contributed by atoms with Crippen molar-refractivity contribution in [2.45, 2.75) is 205 Å². The molecule has 0 aliphatic carbocycles. The van der Waals surface area contributed by atoms with Crippen molar-refractivity contribution in [2.24, 2.45) is 0 Å². The average molecular weight is 869 g/mol. The molecule has 346 valence electrons. The van der Waals surface area contributed by atoms with E-state index in [-0.39, 0.29) is 19.4 Å². The molecule has 1 rings (SSSR count). The first-order valence-electron chi connectivity index (χ1n) is 22.8. The molecule has 0 aromatic rings. The van der Waals surface area contributed by atoms with E-state index in [1.807, 2.05) is 0 Å². The lowest BCUT2D eigenvalue weighted by Gasteiger charge is -2.40. The van der Waals surface area contributed by atoms with Crippen LogP contribution in [0.15, 0.2) is 60.8 Å². The van der Waals surface area contributed by atoms with E-state index in [9.17, 15) is 37.9 Å². The minimum absolute atomic E-state index is 0.123. The molecule has 0 aromatic carbocycles. The number of carbonyl (C=O) groups excluding carboxylic acids is 2. The number of unbranched alkanes of at least 4 members (excludes halogenated alkanes) is 15. The van der Waals surface area contributed by atoms with Gasteiger partial charge in [-0.3, -0.25) is 14.1 Å². The molecular formula is C47H80O12S. The molecule has 0 spiro atoms. The summed E-state index contributed by atoms with van der Waals surface area (Å²) in [6, 6.07) is 0. The molecule has 1 aliphatic heterocycles. The molecule has 0 radical (unpaired) electrons. The van der Waals surface area contributed by atoms with Gasteiger partial charge in [0, 0.05) is 12.8 Å². The Hall–Kier alpha value is -2.65. The summed E-state index contributed by atoms with van der Waals surface area (Å²) in [7, 11) is -4.61. The Bertz CT molecular complexity index is 1340. The molecule has 1 aliphatic rings. The van der Waals surface area contributed by atoms with E-state index in [1.54, 1.807) is 0 Å². The Kier molecular flexibility index (Phi) is 34.1. The minimum Gasteiger partial charge on any atom is -0.462 e. The van der Waals surface area contributed by atoms with Crippen molar-refractivity contribution >= 4 is 22.1 Å². The van der Waals surface area contributed by atoms with E-state index in [0.717, 1.165) is 83.5 Å². The van der Waals surface area contributed by atoms with Crippen molar-refractivity contribution in [3.63, 3.8) is 0 Å². The van der Waals surface area contributed by atoms with Crippen LogP contribution in [0.25, 0.3) is 0 Å². The van der Waals surface area contributed by atoms with Gasteiger partial charge in [0.2, 0.25) is 0 Å². The summed E-state index contributed by atoms with van der Waals surface area (Å²) in [5.41, 5.74) is 0. The monoisotopic (exact) mass is 869 g/mol. The maximum Gasteiger partial charge on any atom is 0.306 e. The molecular weight excluding hydrogens is 789 g/mol. The summed E-state index contributed by atoms with van der Waals surface area (Å²) < 4.78 is 54.0. The zero-order valence-electron chi connectivity index (χ0n) is 36.8. The SMILES string of the molecule is CCCCC/C=C/C/C=C/C/C=C/C/C=C/CCCCCC(=O)O[C@H](COC(=O)CCCCCCC/C=C/CCCCCC)CO[C@H]1O[C@H](CS(=O)(=O)O)[C@@H](O)C(O)C1O. The van der Waals surface area contributed by atoms with E-state index in [0.29, 0.717) is 12.8 Å². The number of hydrogen-bond donors (Lipinski definition) is 4.